The number of sulfonamides is 1. The number of aryl methyl sites for hydroxylation is 2. The monoisotopic (exact) mass is 452 g/mol. The number of nitrogens with zero attached hydrogens (tertiary/aromatic N) is 1. The van der Waals surface area contributed by atoms with Crippen molar-refractivity contribution in [3.05, 3.63) is 59.4 Å². The van der Waals surface area contributed by atoms with Crippen molar-refractivity contribution in [2.45, 2.75) is 37.1 Å². The molecule has 1 aliphatic rings. The number of benzene rings is 1. The molecule has 1 aromatic carbocycles. The van der Waals surface area contributed by atoms with Gasteiger partial charge in [-0.3, -0.25) is 4.98 Å². The zero-order valence-electron chi connectivity index (χ0n) is 16.6. The van der Waals surface area contributed by atoms with Crippen LogP contribution in [0.2, 0.25) is 0 Å². The number of aromatic nitrogens is 1. The van der Waals surface area contributed by atoms with E-state index in [0.29, 0.717) is 12.8 Å². The maximum Gasteiger partial charge on any atom is 0.338 e. The minimum atomic E-state index is -3.95. The molecule has 0 bridgehead atoms. The Balaban J connectivity index is 1.56. The fourth-order valence-electron chi connectivity index (χ4n) is 3.21. The molecule has 0 amide bonds. The van der Waals surface area contributed by atoms with Crippen LogP contribution in [0.25, 0.3) is 0 Å². The van der Waals surface area contributed by atoms with Crippen LogP contribution in [0.3, 0.4) is 0 Å². The summed E-state index contributed by atoms with van der Waals surface area (Å²) in [6.07, 6.45) is 1.49. The highest BCUT2D eigenvalue weighted by atomic mass is 32.2. The largest absolute Gasteiger partial charge is 0.462 e. The number of hydrogen-bond donors (Lipinski definition) is 1. The first-order valence-electron chi connectivity index (χ1n) is 9.57. The van der Waals surface area contributed by atoms with Gasteiger partial charge in [-0.15, -0.1) is 0 Å². The van der Waals surface area contributed by atoms with Crippen LogP contribution >= 0.6 is 0 Å². The van der Waals surface area contributed by atoms with Crippen LogP contribution in [-0.4, -0.2) is 51.9 Å². The van der Waals surface area contributed by atoms with Gasteiger partial charge >= 0.3 is 5.97 Å². The summed E-state index contributed by atoms with van der Waals surface area (Å²) in [6.45, 7) is 2.09. The van der Waals surface area contributed by atoms with Gasteiger partial charge in [0.25, 0.3) is 0 Å². The highest BCUT2D eigenvalue weighted by Crippen LogP contribution is 2.17. The molecule has 162 valence electrons. The fraction of sp³-hybridized carbons (Fsp3) is 0.400. The van der Waals surface area contributed by atoms with Crippen LogP contribution in [0.15, 0.2) is 47.4 Å². The van der Waals surface area contributed by atoms with Crippen molar-refractivity contribution in [3.8, 4) is 0 Å². The predicted octanol–water partition coefficient (Wildman–Crippen LogP) is 1.65. The number of carbonyl (C=O) groups is 1. The topological polar surface area (TPSA) is 119 Å². The average molecular weight is 453 g/mol. The van der Waals surface area contributed by atoms with E-state index in [1.165, 1.54) is 24.3 Å². The summed E-state index contributed by atoms with van der Waals surface area (Å²) >= 11 is 0. The molecule has 1 atom stereocenters. The Labute approximate surface area is 176 Å². The summed E-state index contributed by atoms with van der Waals surface area (Å²) in [4.78, 5) is 16.6. The second-order valence-corrected chi connectivity index (χ2v) is 11.2. The quantitative estimate of drug-likeness (QED) is 0.478. The van der Waals surface area contributed by atoms with E-state index in [9.17, 15) is 21.6 Å². The molecule has 2 heterocycles. The van der Waals surface area contributed by atoms with Gasteiger partial charge in [0.15, 0.2) is 9.84 Å². The number of sulfone groups is 1. The molecule has 8 nitrogen and oxygen atoms in total. The molecule has 10 heteroatoms. The average Bonchev–Trinajstić information content (AvgIpc) is 3.03. The van der Waals surface area contributed by atoms with E-state index in [4.69, 9.17) is 4.74 Å². The van der Waals surface area contributed by atoms with Crippen molar-refractivity contribution in [3.63, 3.8) is 0 Å². The molecule has 0 spiro atoms. The smallest absolute Gasteiger partial charge is 0.338 e. The van der Waals surface area contributed by atoms with Crippen molar-refractivity contribution >= 4 is 25.8 Å². The van der Waals surface area contributed by atoms with Crippen LogP contribution in [0, 0.1) is 6.92 Å². The zero-order chi connectivity index (χ0) is 21.8. The first-order chi connectivity index (χ1) is 14.1. The van der Waals surface area contributed by atoms with E-state index < -0.39 is 31.9 Å². The van der Waals surface area contributed by atoms with Crippen LogP contribution in [0.5, 0.6) is 0 Å². The Bertz CT molecular complexity index is 1130. The van der Waals surface area contributed by atoms with Gasteiger partial charge in [0.2, 0.25) is 10.0 Å². The van der Waals surface area contributed by atoms with E-state index >= 15 is 0 Å². The van der Waals surface area contributed by atoms with Crippen LogP contribution < -0.4 is 4.72 Å². The molecule has 0 aliphatic carbocycles. The Morgan fingerprint density at radius 2 is 2.00 bits per heavy atom. The van der Waals surface area contributed by atoms with E-state index in [1.54, 1.807) is 0 Å². The lowest BCUT2D eigenvalue weighted by Gasteiger charge is -2.12. The number of pyridine rings is 1. The van der Waals surface area contributed by atoms with Gasteiger partial charge in [-0.05, 0) is 56.5 Å². The SMILES string of the molecule is Cc1cccc(CCCOC(=O)c2cccc(S(=O)(=O)NC3CCS(=O)(=O)C3)c2)n1. The molecular weight excluding hydrogens is 428 g/mol. The summed E-state index contributed by atoms with van der Waals surface area (Å²) in [5.74, 6) is -0.873. The van der Waals surface area contributed by atoms with Crippen molar-refractivity contribution in [2.24, 2.45) is 0 Å². The second-order valence-electron chi connectivity index (χ2n) is 7.26. The van der Waals surface area contributed by atoms with Gasteiger partial charge < -0.3 is 4.74 Å². The highest BCUT2D eigenvalue weighted by molar-refractivity contribution is 7.92. The van der Waals surface area contributed by atoms with E-state index in [0.717, 1.165) is 11.4 Å². The lowest BCUT2D eigenvalue weighted by molar-refractivity contribution is 0.0500. The Kier molecular flexibility index (Phi) is 6.89. The Morgan fingerprint density at radius 1 is 1.23 bits per heavy atom. The number of carbonyl (C=O) groups excluding carboxylic acids is 1. The predicted molar refractivity (Wildman–Crippen MR) is 111 cm³/mol. The van der Waals surface area contributed by atoms with Crippen LogP contribution in [-0.2, 0) is 31.0 Å². The third-order valence-corrected chi connectivity index (χ3v) is 7.98. The lowest BCUT2D eigenvalue weighted by Crippen LogP contribution is -2.35. The molecule has 0 radical (unpaired) electrons. The lowest BCUT2D eigenvalue weighted by atomic mass is 10.2. The minimum Gasteiger partial charge on any atom is -0.462 e. The Morgan fingerprint density at radius 3 is 2.70 bits per heavy atom. The van der Waals surface area contributed by atoms with Gasteiger partial charge in [-0.1, -0.05) is 12.1 Å². The van der Waals surface area contributed by atoms with Crippen molar-refractivity contribution in [1.29, 1.82) is 0 Å². The van der Waals surface area contributed by atoms with E-state index in [2.05, 4.69) is 9.71 Å². The fourth-order valence-corrected chi connectivity index (χ4v) is 6.30. The molecule has 2 aromatic rings. The van der Waals surface area contributed by atoms with Crippen molar-refractivity contribution in [2.75, 3.05) is 18.1 Å². The molecule has 1 unspecified atom stereocenters. The Hall–Kier alpha value is -2.30. The van der Waals surface area contributed by atoms with Gasteiger partial charge in [0.05, 0.1) is 28.6 Å². The molecule has 30 heavy (non-hydrogen) atoms. The van der Waals surface area contributed by atoms with Crippen LogP contribution in [0.4, 0.5) is 0 Å². The normalized spacial score (nSPS) is 18.2. The molecule has 1 aromatic heterocycles. The van der Waals surface area contributed by atoms with E-state index in [-0.39, 0.29) is 35.0 Å². The molecule has 1 saturated heterocycles. The minimum absolute atomic E-state index is 0.0371. The third-order valence-electron chi connectivity index (χ3n) is 4.69. The molecule has 0 saturated carbocycles. The number of nitrogens with one attached hydrogen (secondary N) is 1. The third kappa shape index (κ3) is 6.10. The van der Waals surface area contributed by atoms with Gasteiger partial charge in [-0.25, -0.2) is 26.4 Å². The van der Waals surface area contributed by atoms with Gasteiger partial charge in [0.1, 0.15) is 0 Å². The highest BCUT2D eigenvalue weighted by Gasteiger charge is 2.31. The summed E-state index contributed by atoms with van der Waals surface area (Å²) in [7, 11) is -7.16. The van der Waals surface area contributed by atoms with Crippen molar-refractivity contribution < 1.29 is 26.4 Å². The van der Waals surface area contributed by atoms with Gasteiger partial charge in [-0.2, -0.15) is 0 Å². The number of ether oxygens (including phenoxy) is 1. The first kappa shape index (κ1) is 22.4. The second kappa shape index (κ2) is 9.23. The number of esters is 1. The maximum absolute atomic E-state index is 12.6. The van der Waals surface area contributed by atoms with E-state index in [1.807, 2.05) is 25.1 Å². The molecule has 1 aliphatic heterocycles. The molecular formula is C20H24N2O6S2. The molecule has 3 rings (SSSR count). The summed E-state index contributed by atoms with van der Waals surface area (Å²) < 4.78 is 55.8. The number of rotatable bonds is 8. The number of hydrogen-bond acceptors (Lipinski definition) is 7. The van der Waals surface area contributed by atoms with Crippen molar-refractivity contribution in [1.82, 2.24) is 9.71 Å². The van der Waals surface area contributed by atoms with Gasteiger partial charge in [0, 0.05) is 17.4 Å². The summed E-state index contributed by atoms with van der Waals surface area (Å²) in [5.41, 5.74) is 1.95. The van der Waals surface area contributed by atoms with Crippen LogP contribution in [0.1, 0.15) is 34.6 Å². The zero-order valence-corrected chi connectivity index (χ0v) is 18.2. The maximum atomic E-state index is 12.6. The summed E-state index contributed by atoms with van der Waals surface area (Å²) in [6, 6.07) is 10.6. The first-order valence-corrected chi connectivity index (χ1v) is 12.9. The summed E-state index contributed by atoms with van der Waals surface area (Å²) in [5, 5.41) is 0. The molecule has 1 fully saturated rings. The molecule has 1 N–H and O–H groups in total. The standard InChI is InChI=1S/C20H24N2O6S2/c1-15-5-2-7-17(21-15)8-4-11-28-20(23)16-6-3-9-19(13-16)30(26,27)22-18-10-12-29(24,25)14-18/h2-3,5-7,9,13,18,22H,4,8,10-12,14H2,1H3.